The lowest BCUT2D eigenvalue weighted by atomic mass is 9.85. The molecule has 1 aliphatic carbocycles. The van der Waals surface area contributed by atoms with Gasteiger partial charge in [-0.25, -0.2) is 14.4 Å². The van der Waals surface area contributed by atoms with Crippen LogP contribution in [0.1, 0.15) is 31.7 Å². The predicted octanol–water partition coefficient (Wildman–Crippen LogP) is 3.40. The number of amides is 1. The molecule has 5 N–H and O–H groups in total. The van der Waals surface area contributed by atoms with Gasteiger partial charge in [-0.1, -0.05) is 23.2 Å². The first-order chi connectivity index (χ1) is 16.8. The summed E-state index contributed by atoms with van der Waals surface area (Å²) < 4.78 is 20.9. The lowest BCUT2D eigenvalue weighted by molar-refractivity contribution is -0.122. The van der Waals surface area contributed by atoms with Crippen LogP contribution in [0.5, 0.6) is 0 Å². The minimum atomic E-state index is -0.664. The molecule has 2 unspecified atom stereocenters. The van der Waals surface area contributed by atoms with Gasteiger partial charge >= 0.3 is 0 Å². The maximum absolute atomic E-state index is 13.7. The van der Waals surface area contributed by atoms with Crippen molar-refractivity contribution in [2.45, 2.75) is 43.9 Å². The van der Waals surface area contributed by atoms with E-state index in [0.717, 1.165) is 12.1 Å². The van der Waals surface area contributed by atoms with E-state index in [4.69, 9.17) is 33.7 Å². The normalized spacial score (nSPS) is 24.6. The van der Waals surface area contributed by atoms with Crippen LogP contribution >= 0.6 is 23.2 Å². The number of nitrogens with two attached hydrogens (primary N) is 1. The molecule has 1 saturated heterocycles. The lowest BCUT2D eigenvalue weighted by Gasteiger charge is -2.29. The van der Waals surface area contributed by atoms with Gasteiger partial charge in [0.1, 0.15) is 11.3 Å². The maximum atomic E-state index is 13.7. The molecule has 3 heterocycles. The Morgan fingerprint density at radius 3 is 2.51 bits per heavy atom. The van der Waals surface area contributed by atoms with Crippen LogP contribution < -0.4 is 16.4 Å². The number of nitrogens with zero attached hydrogens (tertiary/aromatic N) is 4. The molecule has 0 spiro atoms. The van der Waals surface area contributed by atoms with E-state index < -0.39 is 11.9 Å². The average molecular weight is 524 g/mol. The van der Waals surface area contributed by atoms with Crippen LogP contribution in [0.2, 0.25) is 10.0 Å². The van der Waals surface area contributed by atoms with E-state index in [2.05, 4.69) is 25.6 Å². The Bertz CT molecular complexity index is 1240. The molecule has 1 aromatic carbocycles. The van der Waals surface area contributed by atoms with Gasteiger partial charge in [0.25, 0.3) is 0 Å². The zero-order valence-electron chi connectivity index (χ0n) is 18.5. The molecule has 1 amide bonds. The fourth-order valence-corrected chi connectivity index (χ4v) is 5.19. The molecule has 2 atom stereocenters. The van der Waals surface area contributed by atoms with Gasteiger partial charge in [-0.3, -0.25) is 9.36 Å². The highest BCUT2D eigenvalue weighted by molar-refractivity contribution is 6.39. The third kappa shape index (κ3) is 4.86. The zero-order valence-corrected chi connectivity index (χ0v) is 20.1. The highest BCUT2D eigenvalue weighted by Crippen LogP contribution is 2.39. The molecule has 5 rings (SSSR count). The van der Waals surface area contributed by atoms with Crippen molar-refractivity contribution in [3.8, 4) is 0 Å². The standard InChI is InChI=1S/C22H24Cl2FN7O3/c23-13-5-11(25)6-14(24)18(13)30-22-29-15-7-27-21(28-16-8-35-9-17(16)33)31-20(15)32(22)12-3-1-10(2-4-12)19(26)34/h5-7,10,12,16-17,33H,1-4,8-9H2,(H2,26,34)(H,29,30)(H,27,28,31)/t10-,12-,16?,17?. The van der Waals surface area contributed by atoms with Crippen molar-refractivity contribution in [2.24, 2.45) is 11.7 Å². The summed E-state index contributed by atoms with van der Waals surface area (Å²) in [5.74, 6) is -0.289. The number of fused-ring (bicyclic) bond motifs is 1. The summed E-state index contributed by atoms with van der Waals surface area (Å²) in [6.07, 6.45) is 3.56. The molecule has 3 aromatic rings. The summed E-state index contributed by atoms with van der Waals surface area (Å²) in [5, 5.41) is 16.5. The fraction of sp³-hybridized carbons (Fsp3) is 0.455. The number of hydrogen-bond donors (Lipinski definition) is 4. The van der Waals surface area contributed by atoms with E-state index in [0.29, 0.717) is 61.0 Å². The molecular weight excluding hydrogens is 500 g/mol. The molecule has 2 aromatic heterocycles. The highest BCUT2D eigenvalue weighted by Gasteiger charge is 2.30. The van der Waals surface area contributed by atoms with E-state index >= 15 is 0 Å². The first kappa shape index (κ1) is 24.0. The number of aromatic nitrogens is 4. The molecule has 1 saturated carbocycles. The molecule has 0 bridgehead atoms. The summed E-state index contributed by atoms with van der Waals surface area (Å²) in [6, 6.07) is 1.96. The molecule has 186 valence electrons. The van der Waals surface area contributed by atoms with Gasteiger partial charge in [-0.05, 0) is 37.8 Å². The largest absolute Gasteiger partial charge is 0.388 e. The number of aliphatic hydroxyl groups is 1. The van der Waals surface area contributed by atoms with E-state index in [1.807, 2.05) is 4.57 Å². The lowest BCUT2D eigenvalue weighted by Crippen LogP contribution is -2.32. The van der Waals surface area contributed by atoms with Gasteiger partial charge < -0.3 is 26.2 Å². The minimum absolute atomic E-state index is 0.0424. The van der Waals surface area contributed by atoms with Crippen LogP contribution in [-0.2, 0) is 9.53 Å². The van der Waals surface area contributed by atoms with Crippen LogP contribution in [0.25, 0.3) is 11.2 Å². The van der Waals surface area contributed by atoms with Crippen molar-refractivity contribution in [1.82, 2.24) is 19.5 Å². The number of imidazole rings is 1. The number of benzene rings is 1. The van der Waals surface area contributed by atoms with Crippen LogP contribution in [-0.4, -0.2) is 55.9 Å². The monoisotopic (exact) mass is 523 g/mol. The smallest absolute Gasteiger partial charge is 0.225 e. The Labute approximate surface area is 210 Å². The van der Waals surface area contributed by atoms with E-state index in [1.165, 1.54) is 0 Å². The number of ether oxygens (including phenoxy) is 1. The van der Waals surface area contributed by atoms with Crippen molar-refractivity contribution in [3.63, 3.8) is 0 Å². The van der Waals surface area contributed by atoms with E-state index in [9.17, 15) is 14.3 Å². The number of carbonyl (C=O) groups is 1. The molecule has 35 heavy (non-hydrogen) atoms. The van der Waals surface area contributed by atoms with Crippen molar-refractivity contribution in [1.29, 1.82) is 0 Å². The number of anilines is 3. The molecule has 13 heteroatoms. The van der Waals surface area contributed by atoms with Crippen molar-refractivity contribution in [3.05, 3.63) is 34.2 Å². The summed E-state index contributed by atoms with van der Waals surface area (Å²) in [4.78, 5) is 25.3. The molecule has 1 aliphatic heterocycles. The predicted molar refractivity (Wildman–Crippen MR) is 129 cm³/mol. The van der Waals surface area contributed by atoms with Crippen molar-refractivity contribution < 1.29 is 19.0 Å². The highest BCUT2D eigenvalue weighted by atomic mass is 35.5. The van der Waals surface area contributed by atoms with Crippen LogP contribution in [0.4, 0.5) is 22.0 Å². The Kier molecular flexibility index (Phi) is 6.67. The summed E-state index contributed by atoms with van der Waals surface area (Å²) in [6.45, 7) is 0.585. The Morgan fingerprint density at radius 1 is 1.17 bits per heavy atom. The van der Waals surface area contributed by atoms with Gasteiger partial charge in [0.2, 0.25) is 17.8 Å². The molecular formula is C22H24Cl2FN7O3. The first-order valence-corrected chi connectivity index (χ1v) is 12.0. The number of nitrogens with one attached hydrogen (secondary N) is 2. The summed E-state index contributed by atoms with van der Waals surface area (Å²) in [5.41, 5.74) is 6.90. The van der Waals surface area contributed by atoms with Crippen LogP contribution in [0.3, 0.4) is 0 Å². The van der Waals surface area contributed by atoms with Crippen LogP contribution in [0, 0.1) is 11.7 Å². The van der Waals surface area contributed by atoms with Gasteiger partial charge in [-0.15, -0.1) is 0 Å². The van der Waals surface area contributed by atoms with Crippen molar-refractivity contribution >= 4 is 57.9 Å². The average Bonchev–Trinajstić information content (AvgIpc) is 3.38. The number of carbonyl (C=O) groups excluding carboxylic acids is 1. The second-order valence-electron chi connectivity index (χ2n) is 8.84. The van der Waals surface area contributed by atoms with E-state index in [-0.39, 0.29) is 40.6 Å². The minimum Gasteiger partial charge on any atom is -0.388 e. The maximum Gasteiger partial charge on any atom is 0.225 e. The fourth-order valence-electron chi connectivity index (χ4n) is 4.63. The third-order valence-electron chi connectivity index (χ3n) is 6.51. The number of aliphatic hydroxyl groups excluding tert-OH is 1. The molecule has 2 fully saturated rings. The van der Waals surface area contributed by atoms with Crippen LogP contribution in [0.15, 0.2) is 18.3 Å². The molecule has 0 radical (unpaired) electrons. The van der Waals surface area contributed by atoms with Gasteiger partial charge in [0, 0.05) is 12.0 Å². The molecule has 10 nitrogen and oxygen atoms in total. The summed E-state index contributed by atoms with van der Waals surface area (Å²) in [7, 11) is 0. The topological polar surface area (TPSA) is 140 Å². The Balaban J connectivity index is 1.54. The summed E-state index contributed by atoms with van der Waals surface area (Å²) >= 11 is 12.5. The SMILES string of the molecule is NC(=O)[C@H]1CC[C@H](n2c(Nc3c(Cl)cc(F)cc3Cl)nc3cnc(NC4COCC4O)nc32)CC1. The van der Waals surface area contributed by atoms with Gasteiger partial charge in [0.15, 0.2) is 5.65 Å². The quantitative estimate of drug-likeness (QED) is 0.385. The second kappa shape index (κ2) is 9.73. The number of halogens is 3. The van der Waals surface area contributed by atoms with Crippen molar-refractivity contribution in [2.75, 3.05) is 23.8 Å². The number of primary amides is 1. The Morgan fingerprint density at radius 2 is 1.89 bits per heavy atom. The zero-order chi connectivity index (χ0) is 24.7. The second-order valence-corrected chi connectivity index (χ2v) is 9.66. The van der Waals surface area contributed by atoms with Gasteiger partial charge in [-0.2, -0.15) is 4.98 Å². The Hall–Kier alpha value is -2.73. The first-order valence-electron chi connectivity index (χ1n) is 11.3. The number of hydrogen-bond acceptors (Lipinski definition) is 8. The van der Waals surface area contributed by atoms with Gasteiger partial charge in [0.05, 0.1) is 47.3 Å². The molecule has 2 aliphatic rings. The van der Waals surface area contributed by atoms with E-state index in [1.54, 1.807) is 6.20 Å². The number of rotatable bonds is 6. The third-order valence-corrected chi connectivity index (χ3v) is 7.10.